The summed E-state index contributed by atoms with van der Waals surface area (Å²) in [6.45, 7) is 1.31. The Morgan fingerprint density at radius 3 is 2.87 bits per heavy atom. The van der Waals surface area contributed by atoms with E-state index in [-0.39, 0.29) is 12.4 Å². The van der Waals surface area contributed by atoms with E-state index in [2.05, 4.69) is 0 Å². The second kappa shape index (κ2) is 7.11. The molecule has 1 aliphatic heterocycles. The monoisotopic (exact) mass is 310 g/mol. The second-order valence-corrected chi connectivity index (χ2v) is 5.20. The highest BCUT2D eigenvalue weighted by Gasteiger charge is 2.22. The van der Waals surface area contributed by atoms with Gasteiger partial charge in [0.1, 0.15) is 24.7 Å². The predicted molar refractivity (Wildman–Crippen MR) is 88.1 cm³/mol. The number of rotatable bonds is 5. The van der Waals surface area contributed by atoms with Gasteiger partial charge in [-0.15, -0.1) is 0 Å². The van der Waals surface area contributed by atoms with Crippen LogP contribution < -0.4 is 9.47 Å². The number of ether oxygens (including phenoxy) is 3. The number of carbonyl (C=O) groups is 1. The molecule has 2 aromatic carbocycles. The van der Waals surface area contributed by atoms with Crippen molar-refractivity contribution in [3.8, 4) is 11.5 Å². The highest BCUT2D eigenvalue weighted by molar-refractivity contribution is 6.14. The Morgan fingerprint density at radius 1 is 1.13 bits per heavy atom. The maximum absolute atomic E-state index is 12.5. The van der Waals surface area contributed by atoms with Crippen molar-refractivity contribution < 1.29 is 19.0 Å². The third-order valence-electron chi connectivity index (χ3n) is 3.56. The number of ketones is 1. The Morgan fingerprint density at radius 2 is 2.00 bits per heavy atom. The molecule has 1 heterocycles. The van der Waals surface area contributed by atoms with E-state index < -0.39 is 0 Å². The van der Waals surface area contributed by atoms with Crippen LogP contribution in [0, 0.1) is 0 Å². The van der Waals surface area contributed by atoms with Gasteiger partial charge in [-0.1, -0.05) is 24.3 Å². The smallest absolute Gasteiger partial charge is 0.196 e. The molecule has 4 heteroatoms. The number of para-hydroxylation sites is 1. The fourth-order valence-electron chi connectivity index (χ4n) is 2.42. The van der Waals surface area contributed by atoms with Crippen LogP contribution in [0.25, 0.3) is 6.08 Å². The van der Waals surface area contributed by atoms with Gasteiger partial charge in [-0.2, -0.15) is 0 Å². The summed E-state index contributed by atoms with van der Waals surface area (Å²) in [4.78, 5) is 12.5. The molecule has 0 amide bonds. The molecule has 0 saturated carbocycles. The molecule has 1 aliphatic rings. The maximum atomic E-state index is 12.5. The van der Waals surface area contributed by atoms with Gasteiger partial charge in [0, 0.05) is 12.7 Å². The summed E-state index contributed by atoms with van der Waals surface area (Å²) in [6.07, 6.45) is 1.85. The molecule has 0 saturated heterocycles. The summed E-state index contributed by atoms with van der Waals surface area (Å²) in [5, 5.41) is 0. The van der Waals surface area contributed by atoms with Crippen molar-refractivity contribution in [1.82, 2.24) is 0 Å². The number of benzene rings is 2. The standard InChI is InChI=1S/C19H18O4/c1-21-9-10-22-16-6-4-5-14(12-16)11-15-13-23-18-8-3-2-7-17(18)19(15)20/h2-8,11-12H,9-10,13H2,1H3/b15-11+. The van der Waals surface area contributed by atoms with Crippen LogP contribution in [0.3, 0.4) is 0 Å². The second-order valence-electron chi connectivity index (χ2n) is 5.20. The molecule has 0 unspecified atom stereocenters. The Kier molecular flexibility index (Phi) is 4.74. The molecule has 0 spiro atoms. The summed E-state index contributed by atoms with van der Waals surface area (Å²) in [6, 6.07) is 14.9. The first-order valence-electron chi connectivity index (χ1n) is 7.47. The van der Waals surface area contributed by atoms with Crippen LogP contribution >= 0.6 is 0 Å². The Labute approximate surface area is 135 Å². The molecule has 0 N–H and O–H groups in total. The minimum atomic E-state index is 0.0116. The quantitative estimate of drug-likeness (QED) is 0.627. The lowest BCUT2D eigenvalue weighted by Crippen LogP contribution is -2.18. The molecule has 0 fully saturated rings. The van der Waals surface area contributed by atoms with Crippen LogP contribution in [-0.4, -0.2) is 32.7 Å². The first-order chi connectivity index (χ1) is 11.3. The van der Waals surface area contributed by atoms with Crippen molar-refractivity contribution in [2.24, 2.45) is 0 Å². The van der Waals surface area contributed by atoms with Gasteiger partial charge in [-0.3, -0.25) is 4.79 Å². The summed E-state index contributed by atoms with van der Waals surface area (Å²) in [7, 11) is 1.64. The zero-order valence-corrected chi connectivity index (χ0v) is 13.0. The average molecular weight is 310 g/mol. The molecular formula is C19H18O4. The molecule has 0 atom stereocenters. The van der Waals surface area contributed by atoms with E-state index in [4.69, 9.17) is 14.2 Å². The number of hydrogen-bond acceptors (Lipinski definition) is 4. The van der Waals surface area contributed by atoms with Crippen molar-refractivity contribution in [3.05, 3.63) is 65.2 Å². The molecule has 4 nitrogen and oxygen atoms in total. The van der Waals surface area contributed by atoms with Crippen LogP contribution in [0.2, 0.25) is 0 Å². The summed E-state index contributed by atoms with van der Waals surface area (Å²) >= 11 is 0. The molecule has 0 bridgehead atoms. The van der Waals surface area contributed by atoms with Crippen molar-refractivity contribution >= 4 is 11.9 Å². The number of carbonyl (C=O) groups excluding carboxylic acids is 1. The lowest BCUT2D eigenvalue weighted by atomic mass is 9.98. The molecule has 0 aromatic heterocycles. The van der Waals surface area contributed by atoms with E-state index in [1.807, 2.05) is 48.5 Å². The third-order valence-corrected chi connectivity index (χ3v) is 3.56. The van der Waals surface area contributed by atoms with Gasteiger partial charge in [0.2, 0.25) is 0 Å². The number of fused-ring (bicyclic) bond motifs is 1. The van der Waals surface area contributed by atoms with Crippen molar-refractivity contribution in [2.75, 3.05) is 26.9 Å². The fourth-order valence-corrected chi connectivity index (χ4v) is 2.42. The maximum Gasteiger partial charge on any atom is 0.196 e. The van der Waals surface area contributed by atoms with Crippen LogP contribution in [0.15, 0.2) is 54.1 Å². The first kappa shape index (κ1) is 15.3. The SMILES string of the molecule is COCCOc1cccc(/C=C2\COc3ccccc3C2=O)c1. The van der Waals surface area contributed by atoms with E-state index in [0.717, 1.165) is 11.3 Å². The Hall–Kier alpha value is -2.59. The highest BCUT2D eigenvalue weighted by Crippen LogP contribution is 2.28. The summed E-state index contributed by atoms with van der Waals surface area (Å²) in [5.41, 5.74) is 2.15. The largest absolute Gasteiger partial charge is 0.491 e. The zero-order valence-electron chi connectivity index (χ0n) is 13.0. The van der Waals surface area contributed by atoms with Gasteiger partial charge >= 0.3 is 0 Å². The molecule has 118 valence electrons. The number of hydrogen-bond donors (Lipinski definition) is 0. The molecule has 3 rings (SSSR count). The molecular weight excluding hydrogens is 292 g/mol. The minimum absolute atomic E-state index is 0.0116. The van der Waals surface area contributed by atoms with Crippen molar-refractivity contribution in [2.45, 2.75) is 0 Å². The van der Waals surface area contributed by atoms with Gasteiger partial charge in [-0.05, 0) is 35.9 Å². The first-order valence-corrected chi connectivity index (χ1v) is 7.47. The van der Waals surface area contributed by atoms with Gasteiger partial charge in [0.25, 0.3) is 0 Å². The van der Waals surface area contributed by atoms with Crippen LogP contribution in [0.4, 0.5) is 0 Å². The van der Waals surface area contributed by atoms with Gasteiger partial charge in [0.05, 0.1) is 12.2 Å². The van der Waals surface area contributed by atoms with Crippen molar-refractivity contribution in [1.29, 1.82) is 0 Å². The third kappa shape index (κ3) is 3.60. The Bertz CT molecular complexity index is 734. The minimum Gasteiger partial charge on any atom is -0.491 e. The summed E-state index contributed by atoms with van der Waals surface area (Å²) in [5.74, 6) is 1.41. The molecule has 23 heavy (non-hydrogen) atoms. The van der Waals surface area contributed by atoms with Gasteiger partial charge < -0.3 is 14.2 Å². The fraction of sp³-hybridized carbons (Fsp3) is 0.211. The summed E-state index contributed by atoms with van der Waals surface area (Å²) < 4.78 is 16.2. The van der Waals surface area contributed by atoms with Crippen molar-refractivity contribution in [3.63, 3.8) is 0 Å². The molecule has 0 aliphatic carbocycles. The van der Waals surface area contributed by atoms with Crippen LogP contribution in [0.1, 0.15) is 15.9 Å². The van der Waals surface area contributed by atoms with Gasteiger partial charge in [-0.25, -0.2) is 0 Å². The zero-order chi connectivity index (χ0) is 16.1. The average Bonchev–Trinajstić information content (AvgIpc) is 2.58. The number of Topliss-reactive ketones (excluding diaryl/α,β-unsaturated/α-hetero) is 1. The van der Waals surface area contributed by atoms with E-state index in [1.165, 1.54) is 0 Å². The Balaban J connectivity index is 1.80. The molecule has 0 radical (unpaired) electrons. The predicted octanol–water partition coefficient (Wildman–Crippen LogP) is 3.37. The van der Waals surface area contributed by atoms with Crippen LogP contribution in [-0.2, 0) is 4.74 Å². The highest BCUT2D eigenvalue weighted by atomic mass is 16.5. The normalized spacial score (nSPS) is 15.2. The molecule has 2 aromatic rings. The topological polar surface area (TPSA) is 44.8 Å². The van der Waals surface area contributed by atoms with E-state index in [1.54, 1.807) is 13.2 Å². The van der Waals surface area contributed by atoms with E-state index >= 15 is 0 Å². The van der Waals surface area contributed by atoms with E-state index in [0.29, 0.717) is 30.1 Å². The number of methoxy groups -OCH3 is 1. The van der Waals surface area contributed by atoms with E-state index in [9.17, 15) is 4.79 Å². The lowest BCUT2D eigenvalue weighted by molar-refractivity contribution is 0.100. The van der Waals surface area contributed by atoms with Gasteiger partial charge in [0.15, 0.2) is 5.78 Å². The lowest BCUT2D eigenvalue weighted by Gasteiger charge is -2.18. The van der Waals surface area contributed by atoms with Crippen LogP contribution in [0.5, 0.6) is 11.5 Å².